The van der Waals surface area contributed by atoms with Gasteiger partial charge in [-0.1, -0.05) is 319 Å². The SMILES string of the molecule is CCCCCCC/C=C\C/C=C\C/C=C\CCCCCCCCC(=O)OC(COC(=O)CCCCCCCCCCCCC/C=C\C/C=C\CCCCCCC)COC(=O)CCCCCCCCCCCCCCCCCCC. The molecule has 0 rings (SSSR count). The molecule has 0 fully saturated rings. The summed E-state index contributed by atoms with van der Waals surface area (Å²) in [5, 5.41) is 0. The fourth-order valence-corrected chi connectivity index (χ4v) is 10.2. The molecule has 1 unspecified atom stereocenters. The molecular weight excluding hydrogens is 973 g/mol. The Balaban J connectivity index is 4.36. The number of esters is 3. The van der Waals surface area contributed by atoms with Crippen molar-refractivity contribution in [1.29, 1.82) is 0 Å². The van der Waals surface area contributed by atoms with Crippen molar-refractivity contribution in [3.8, 4) is 0 Å². The van der Waals surface area contributed by atoms with Gasteiger partial charge in [0.2, 0.25) is 0 Å². The molecule has 0 bridgehead atoms. The largest absolute Gasteiger partial charge is 0.462 e. The first-order chi connectivity index (χ1) is 39.0. The van der Waals surface area contributed by atoms with Crippen molar-refractivity contribution in [3.05, 3.63) is 60.8 Å². The fourth-order valence-electron chi connectivity index (χ4n) is 10.2. The van der Waals surface area contributed by atoms with Gasteiger partial charge >= 0.3 is 17.9 Å². The van der Waals surface area contributed by atoms with E-state index in [0.717, 1.165) is 83.5 Å². The first-order valence-corrected chi connectivity index (χ1v) is 34.8. The molecule has 0 N–H and O–H groups in total. The van der Waals surface area contributed by atoms with Crippen LogP contribution >= 0.6 is 0 Å². The van der Waals surface area contributed by atoms with E-state index in [1.807, 2.05) is 0 Å². The molecule has 6 heteroatoms. The van der Waals surface area contributed by atoms with Crippen LogP contribution in [0.2, 0.25) is 0 Å². The predicted octanol–water partition coefficient (Wildman–Crippen LogP) is 23.9. The molecule has 0 aromatic heterocycles. The molecule has 79 heavy (non-hydrogen) atoms. The molecule has 0 saturated carbocycles. The Kier molecular flexibility index (Phi) is 65.1. The second-order valence-corrected chi connectivity index (χ2v) is 23.4. The highest BCUT2D eigenvalue weighted by Gasteiger charge is 2.19. The molecule has 0 radical (unpaired) electrons. The number of ether oxygens (including phenoxy) is 3. The quantitative estimate of drug-likeness (QED) is 0.0261. The lowest BCUT2D eigenvalue weighted by atomic mass is 10.0. The number of rotatable bonds is 64. The third-order valence-electron chi connectivity index (χ3n) is 15.5. The van der Waals surface area contributed by atoms with Gasteiger partial charge in [-0.25, -0.2) is 0 Å². The van der Waals surface area contributed by atoms with E-state index in [1.54, 1.807) is 0 Å². The van der Waals surface area contributed by atoms with Gasteiger partial charge in [-0.3, -0.25) is 14.4 Å². The van der Waals surface area contributed by atoms with Gasteiger partial charge in [0.1, 0.15) is 13.2 Å². The monoisotopic (exact) mass is 1110 g/mol. The zero-order chi connectivity index (χ0) is 57.1. The van der Waals surface area contributed by atoms with Gasteiger partial charge in [-0.2, -0.15) is 0 Å². The summed E-state index contributed by atoms with van der Waals surface area (Å²) >= 11 is 0. The molecule has 0 heterocycles. The maximum Gasteiger partial charge on any atom is 0.306 e. The van der Waals surface area contributed by atoms with Crippen molar-refractivity contribution in [3.63, 3.8) is 0 Å². The van der Waals surface area contributed by atoms with Crippen LogP contribution in [0.1, 0.15) is 367 Å². The molecule has 0 amide bonds. The van der Waals surface area contributed by atoms with Crippen molar-refractivity contribution in [2.75, 3.05) is 13.2 Å². The summed E-state index contributed by atoms with van der Waals surface area (Å²) in [6.07, 6.45) is 86.6. The molecule has 0 saturated heterocycles. The van der Waals surface area contributed by atoms with Crippen molar-refractivity contribution in [1.82, 2.24) is 0 Å². The van der Waals surface area contributed by atoms with E-state index in [-0.39, 0.29) is 31.1 Å². The fraction of sp³-hybridized carbons (Fsp3) is 0.822. The average molecular weight is 1110 g/mol. The minimum Gasteiger partial charge on any atom is -0.462 e. The molecule has 460 valence electrons. The Morgan fingerprint density at radius 2 is 0.456 bits per heavy atom. The molecule has 1 atom stereocenters. The highest BCUT2D eigenvalue weighted by atomic mass is 16.6. The second-order valence-electron chi connectivity index (χ2n) is 23.4. The minimum absolute atomic E-state index is 0.0764. The Morgan fingerprint density at radius 1 is 0.253 bits per heavy atom. The molecule has 0 aliphatic rings. The van der Waals surface area contributed by atoms with Crippen LogP contribution in [0.15, 0.2) is 60.8 Å². The first kappa shape index (κ1) is 76.1. The lowest BCUT2D eigenvalue weighted by Crippen LogP contribution is -2.30. The summed E-state index contributed by atoms with van der Waals surface area (Å²) in [5.74, 6) is -0.867. The second kappa shape index (κ2) is 67.6. The summed E-state index contributed by atoms with van der Waals surface area (Å²) in [6, 6.07) is 0. The van der Waals surface area contributed by atoms with Crippen molar-refractivity contribution in [2.24, 2.45) is 0 Å². The highest BCUT2D eigenvalue weighted by molar-refractivity contribution is 5.71. The molecule has 0 aromatic rings. The average Bonchev–Trinajstić information content (AvgIpc) is 3.45. The van der Waals surface area contributed by atoms with Crippen molar-refractivity contribution >= 4 is 17.9 Å². The van der Waals surface area contributed by atoms with E-state index in [0.29, 0.717) is 19.3 Å². The lowest BCUT2D eigenvalue weighted by Gasteiger charge is -2.18. The summed E-state index contributed by atoms with van der Waals surface area (Å²) in [6.45, 7) is 6.67. The number of hydrogen-bond donors (Lipinski definition) is 0. The van der Waals surface area contributed by atoms with Gasteiger partial charge in [-0.15, -0.1) is 0 Å². The topological polar surface area (TPSA) is 78.9 Å². The van der Waals surface area contributed by atoms with Crippen molar-refractivity contribution in [2.45, 2.75) is 374 Å². The third kappa shape index (κ3) is 65.8. The van der Waals surface area contributed by atoms with Gasteiger partial charge in [0.05, 0.1) is 0 Å². The van der Waals surface area contributed by atoms with E-state index in [4.69, 9.17) is 14.2 Å². The molecule has 0 spiro atoms. The van der Waals surface area contributed by atoms with Gasteiger partial charge in [0.25, 0.3) is 0 Å². The van der Waals surface area contributed by atoms with Crippen LogP contribution < -0.4 is 0 Å². The maximum atomic E-state index is 13.0. The van der Waals surface area contributed by atoms with Crippen LogP contribution in [0.25, 0.3) is 0 Å². The van der Waals surface area contributed by atoms with E-state index in [9.17, 15) is 14.4 Å². The molecular formula is C73H132O6. The van der Waals surface area contributed by atoms with Crippen LogP contribution in [0.4, 0.5) is 0 Å². The molecule has 0 aliphatic heterocycles. The van der Waals surface area contributed by atoms with E-state index in [1.165, 1.54) is 244 Å². The van der Waals surface area contributed by atoms with Crippen LogP contribution in [-0.4, -0.2) is 37.2 Å². The number of carbonyl (C=O) groups is 3. The minimum atomic E-state index is -0.782. The normalized spacial score (nSPS) is 12.4. The predicted molar refractivity (Wildman–Crippen MR) is 344 cm³/mol. The van der Waals surface area contributed by atoms with Gasteiger partial charge < -0.3 is 14.2 Å². The Labute approximate surface area is 491 Å². The van der Waals surface area contributed by atoms with Crippen molar-refractivity contribution < 1.29 is 28.6 Å². The lowest BCUT2D eigenvalue weighted by molar-refractivity contribution is -0.167. The Hall–Kier alpha value is -2.89. The summed E-state index contributed by atoms with van der Waals surface area (Å²) in [5.41, 5.74) is 0. The molecule has 0 aliphatic carbocycles. The summed E-state index contributed by atoms with van der Waals surface area (Å²) in [4.78, 5) is 38.5. The van der Waals surface area contributed by atoms with Crippen LogP contribution in [0.3, 0.4) is 0 Å². The zero-order valence-corrected chi connectivity index (χ0v) is 52.9. The first-order valence-electron chi connectivity index (χ1n) is 34.8. The third-order valence-corrected chi connectivity index (χ3v) is 15.5. The van der Waals surface area contributed by atoms with E-state index in [2.05, 4.69) is 81.5 Å². The Morgan fingerprint density at radius 3 is 0.709 bits per heavy atom. The molecule has 6 nitrogen and oxygen atoms in total. The molecule has 0 aromatic carbocycles. The summed E-state index contributed by atoms with van der Waals surface area (Å²) in [7, 11) is 0. The van der Waals surface area contributed by atoms with Gasteiger partial charge in [0.15, 0.2) is 6.10 Å². The van der Waals surface area contributed by atoms with Crippen LogP contribution in [0.5, 0.6) is 0 Å². The van der Waals surface area contributed by atoms with Crippen LogP contribution in [0, 0.1) is 0 Å². The standard InChI is InChI=1S/C73H132O6/c1-4-7-10-13-16-19-22-25-28-31-33-35-36-38-39-42-45-48-51-54-57-60-63-66-72(75)78-69-70(68-77-71(74)65-62-59-56-53-50-47-44-41-30-27-24-21-18-15-12-9-6-3)79-73(76)67-64-61-58-55-52-49-46-43-40-37-34-32-29-26-23-20-17-14-11-8-5-2/h22-23,25-26,31-34,40,43,70H,4-21,24,27-30,35-39,41-42,44-69H2,1-3H3/b25-22-,26-23-,33-31-,34-32-,43-40-. The number of unbranched alkanes of at least 4 members (excludes halogenated alkanes) is 43. The maximum absolute atomic E-state index is 13.0. The zero-order valence-electron chi connectivity index (χ0n) is 52.9. The smallest absolute Gasteiger partial charge is 0.306 e. The van der Waals surface area contributed by atoms with E-state index >= 15 is 0 Å². The summed E-state index contributed by atoms with van der Waals surface area (Å²) < 4.78 is 17.0. The highest BCUT2D eigenvalue weighted by Crippen LogP contribution is 2.17. The number of hydrogen-bond acceptors (Lipinski definition) is 6. The number of carbonyl (C=O) groups excluding carboxylic acids is 3. The van der Waals surface area contributed by atoms with E-state index < -0.39 is 6.10 Å². The van der Waals surface area contributed by atoms with Crippen LogP contribution in [-0.2, 0) is 28.6 Å². The van der Waals surface area contributed by atoms with Gasteiger partial charge in [0, 0.05) is 19.3 Å². The Bertz CT molecular complexity index is 1410. The van der Waals surface area contributed by atoms with Gasteiger partial charge in [-0.05, 0) is 89.9 Å². The number of allylic oxidation sites excluding steroid dienone is 10.